The molecule has 1 rings (SSSR count). The number of carbonyl (C=O) groups is 2. The van der Waals surface area contributed by atoms with E-state index in [-0.39, 0.29) is 31.0 Å². The van der Waals surface area contributed by atoms with Crippen molar-refractivity contribution in [2.75, 3.05) is 20.3 Å². The number of methoxy groups -OCH3 is 1. The number of H-pyrrole nitrogens is 1. The topological polar surface area (TPSA) is 106 Å². The van der Waals surface area contributed by atoms with E-state index < -0.39 is 5.97 Å². The number of hydrogen-bond acceptors (Lipinski definition) is 6. The highest BCUT2D eigenvalue weighted by atomic mass is 16.5. The van der Waals surface area contributed by atoms with Crippen LogP contribution in [0.3, 0.4) is 0 Å². The van der Waals surface area contributed by atoms with Crippen molar-refractivity contribution in [3.8, 4) is 0 Å². The van der Waals surface area contributed by atoms with Gasteiger partial charge in [-0.25, -0.2) is 9.78 Å². The van der Waals surface area contributed by atoms with Gasteiger partial charge in [-0.05, 0) is 19.3 Å². The Hall–Kier alpha value is -1.96. The molecule has 1 amide bonds. The fourth-order valence-electron chi connectivity index (χ4n) is 1.79. The molecule has 118 valence electrons. The van der Waals surface area contributed by atoms with Crippen molar-refractivity contribution in [3.63, 3.8) is 0 Å². The summed E-state index contributed by atoms with van der Waals surface area (Å²) in [6.45, 7) is 5.98. The van der Waals surface area contributed by atoms with Crippen LogP contribution in [0, 0.1) is 5.92 Å². The van der Waals surface area contributed by atoms with Gasteiger partial charge in [-0.3, -0.25) is 9.89 Å². The van der Waals surface area contributed by atoms with E-state index in [9.17, 15) is 9.59 Å². The van der Waals surface area contributed by atoms with Crippen LogP contribution in [0.2, 0.25) is 0 Å². The van der Waals surface area contributed by atoms with Crippen molar-refractivity contribution in [2.24, 2.45) is 5.92 Å². The van der Waals surface area contributed by atoms with Crippen LogP contribution < -0.4 is 5.32 Å². The molecule has 0 saturated carbocycles. The number of nitrogens with zero attached hydrogens (tertiary/aromatic N) is 2. The molecule has 0 aliphatic carbocycles. The third-order valence-electron chi connectivity index (χ3n) is 2.61. The summed E-state index contributed by atoms with van der Waals surface area (Å²) in [5.74, 6) is -0.129. The lowest BCUT2D eigenvalue weighted by molar-refractivity contribution is -0.125. The van der Waals surface area contributed by atoms with Gasteiger partial charge in [0.25, 0.3) is 5.82 Å². The lowest BCUT2D eigenvalue weighted by Gasteiger charge is -2.18. The highest BCUT2D eigenvalue weighted by molar-refractivity contribution is 5.85. The van der Waals surface area contributed by atoms with Crippen LogP contribution in [0.1, 0.15) is 49.7 Å². The van der Waals surface area contributed by atoms with Gasteiger partial charge in [-0.1, -0.05) is 13.8 Å². The molecule has 1 aromatic rings. The van der Waals surface area contributed by atoms with E-state index in [1.54, 1.807) is 6.92 Å². The second-order valence-electron chi connectivity index (χ2n) is 4.95. The second-order valence-corrected chi connectivity index (χ2v) is 4.95. The summed E-state index contributed by atoms with van der Waals surface area (Å²) in [5, 5.41) is 9.30. The molecule has 8 nitrogen and oxygen atoms in total. The molecular weight excluding hydrogens is 276 g/mol. The average Bonchev–Trinajstić information content (AvgIpc) is 2.87. The Morgan fingerprint density at radius 2 is 2.10 bits per heavy atom. The summed E-state index contributed by atoms with van der Waals surface area (Å²) >= 11 is 0. The monoisotopic (exact) mass is 298 g/mol. The van der Waals surface area contributed by atoms with Gasteiger partial charge in [-0.15, -0.1) is 5.10 Å². The Morgan fingerprint density at radius 3 is 2.67 bits per heavy atom. The van der Waals surface area contributed by atoms with Crippen molar-refractivity contribution in [2.45, 2.75) is 33.2 Å². The molecular formula is C13H22N4O4. The van der Waals surface area contributed by atoms with E-state index >= 15 is 0 Å². The van der Waals surface area contributed by atoms with Gasteiger partial charge in [0.2, 0.25) is 5.91 Å². The summed E-state index contributed by atoms with van der Waals surface area (Å²) in [6.07, 6.45) is 0.660. The lowest BCUT2D eigenvalue weighted by Crippen LogP contribution is -2.32. The first-order chi connectivity index (χ1) is 9.97. The summed E-state index contributed by atoms with van der Waals surface area (Å²) in [5.41, 5.74) is 0. The van der Waals surface area contributed by atoms with Crippen LogP contribution in [0.15, 0.2) is 0 Å². The molecule has 0 spiro atoms. The molecule has 0 saturated heterocycles. The largest absolute Gasteiger partial charge is 0.460 e. The molecule has 1 atom stereocenters. The molecule has 1 aromatic heterocycles. The van der Waals surface area contributed by atoms with Gasteiger partial charge in [0.05, 0.1) is 12.6 Å². The summed E-state index contributed by atoms with van der Waals surface area (Å²) in [7, 11) is 1.45. The molecule has 1 heterocycles. The predicted molar refractivity (Wildman–Crippen MR) is 74.6 cm³/mol. The van der Waals surface area contributed by atoms with Crippen LogP contribution in [-0.2, 0) is 14.3 Å². The number of esters is 1. The Balaban J connectivity index is 2.83. The minimum Gasteiger partial charge on any atom is -0.460 e. The number of rotatable bonds is 8. The first-order valence-corrected chi connectivity index (χ1v) is 6.85. The maximum absolute atomic E-state index is 11.7. The van der Waals surface area contributed by atoms with E-state index in [0.29, 0.717) is 18.2 Å². The Bertz CT molecular complexity index is 472. The number of nitrogens with one attached hydrogen (secondary N) is 2. The van der Waals surface area contributed by atoms with Crippen molar-refractivity contribution < 1.29 is 19.1 Å². The molecule has 0 bridgehead atoms. The van der Waals surface area contributed by atoms with Gasteiger partial charge in [0.15, 0.2) is 0 Å². The van der Waals surface area contributed by atoms with Crippen LogP contribution in [0.4, 0.5) is 0 Å². The molecule has 0 radical (unpaired) electrons. The number of aromatic amines is 1. The summed E-state index contributed by atoms with van der Waals surface area (Å²) in [4.78, 5) is 27.3. The van der Waals surface area contributed by atoms with Gasteiger partial charge >= 0.3 is 5.97 Å². The van der Waals surface area contributed by atoms with Gasteiger partial charge < -0.3 is 14.8 Å². The van der Waals surface area contributed by atoms with E-state index in [1.807, 2.05) is 13.8 Å². The smallest absolute Gasteiger partial charge is 0.378 e. The van der Waals surface area contributed by atoms with Gasteiger partial charge in [0.1, 0.15) is 12.4 Å². The second kappa shape index (κ2) is 8.35. The zero-order valence-electron chi connectivity index (χ0n) is 12.8. The first-order valence-electron chi connectivity index (χ1n) is 6.85. The van der Waals surface area contributed by atoms with Crippen LogP contribution in [0.25, 0.3) is 0 Å². The van der Waals surface area contributed by atoms with Gasteiger partial charge in [0, 0.05) is 7.11 Å². The number of carbonyl (C=O) groups excluding carboxylic acids is 2. The van der Waals surface area contributed by atoms with E-state index in [1.165, 1.54) is 7.11 Å². The molecule has 2 N–H and O–H groups in total. The Kier molecular flexibility index (Phi) is 6.80. The zero-order valence-corrected chi connectivity index (χ0v) is 12.8. The van der Waals surface area contributed by atoms with Crippen molar-refractivity contribution in [1.82, 2.24) is 20.5 Å². The van der Waals surface area contributed by atoms with Gasteiger partial charge in [-0.2, -0.15) is 0 Å². The quantitative estimate of drug-likeness (QED) is 0.689. The standard InChI is InChI=1S/C13H22N4O4/c1-5-21-13(19)12-15-11(16-17-12)9(6-8(2)3)14-10(18)7-20-4/h8-9H,5-7H2,1-4H3,(H,14,18)(H,15,16,17). The average molecular weight is 298 g/mol. The molecule has 0 aliphatic heterocycles. The number of aromatic nitrogens is 3. The minimum atomic E-state index is -0.591. The number of amides is 1. The number of hydrogen-bond donors (Lipinski definition) is 2. The van der Waals surface area contributed by atoms with E-state index in [2.05, 4.69) is 20.5 Å². The maximum Gasteiger partial charge on any atom is 0.378 e. The molecule has 1 unspecified atom stereocenters. The predicted octanol–water partition coefficient (Wildman–Crippen LogP) is 0.831. The van der Waals surface area contributed by atoms with Crippen molar-refractivity contribution >= 4 is 11.9 Å². The highest BCUT2D eigenvalue weighted by Crippen LogP contribution is 2.18. The molecule has 0 fully saturated rings. The van der Waals surface area contributed by atoms with Crippen molar-refractivity contribution in [1.29, 1.82) is 0 Å². The van der Waals surface area contributed by atoms with Crippen LogP contribution in [-0.4, -0.2) is 47.4 Å². The normalized spacial score (nSPS) is 12.2. The van der Waals surface area contributed by atoms with Crippen molar-refractivity contribution in [3.05, 3.63) is 11.6 Å². The molecule has 8 heteroatoms. The molecule has 0 aromatic carbocycles. The Morgan fingerprint density at radius 1 is 1.38 bits per heavy atom. The number of ether oxygens (including phenoxy) is 2. The molecule has 0 aliphatic rings. The third-order valence-corrected chi connectivity index (χ3v) is 2.61. The Labute approximate surface area is 123 Å². The maximum atomic E-state index is 11.7. The first kappa shape index (κ1) is 17.1. The van der Waals surface area contributed by atoms with E-state index in [0.717, 1.165) is 0 Å². The SMILES string of the molecule is CCOC(=O)c1n[nH]c(C(CC(C)C)NC(=O)COC)n1. The lowest BCUT2D eigenvalue weighted by atomic mass is 10.0. The fourth-order valence-corrected chi connectivity index (χ4v) is 1.79. The minimum absolute atomic E-state index is 0.0343. The van der Waals surface area contributed by atoms with E-state index in [4.69, 9.17) is 9.47 Å². The van der Waals surface area contributed by atoms with Crippen LogP contribution in [0.5, 0.6) is 0 Å². The zero-order chi connectivity index (χ0) is 15.8. The highest BCUT2D eigenvalue weighted by Gasteiger charge is 2.22. The molecule has 21 heavy (non-hydrogen) atoms. The van der Waals surface area contributed by atoms with Crippen LogP contribution >= 0.6 is 0 Å². The summed E-state index contributed by atoms with van der Waals surface area (Å²) in [6, 6.07) is -0.358. The summed E-state index contributed by atoms with van der Waals surface area (Å²) < 4.78 is 9.62. The third kappa shape index (κ3) is 5.50. The fraction of sp³-hybridized carbons (Fsp3) is 0.692.